The van der Waals surface area contributed by atoms with Crippen LogP contribution in [-0.4, -0.2) is 47.9 Å². The number of fused-ring (bicyclic) bond motifs is 1. The molecular weight excluding hydrogens is 411 g/mol. The fraction of sp³-hybridized carbons (Fsp3) is 0.294. The summed E-state index contributed by atoms with van der Waals surface area (Å²) in [6.45, 7) is 1.04. The molecule has 2 aromatic heterocycles. The van der Waals surface area contributed by atoms with Gasteiger partial charge in [0.05, 0.1) is 10.8 Å². The summed E-state index contributed by atoms with van der Waals surface area (Å²) in [6, 6.07) is 6.99. The summed E-state index contributed by atoms with van der Waals surface area (Å²) in [4.78, 5) is 30.6. The Hall–Kier alpha value is -2.56. The molecule has 0 aliphatic carbocycles. The van der Waals surface area contributed by atoms with Crippen molar-refractivity contribution in [2.45, 2.75) is 6.42 Å². The van der Waals surface area contributed by atoms with Gasteiger partial charge in [-0.25, -0.2) is 9.37 Å². The first kappa shape index (κ1) is 21.7. The molecule has 0 spiro atoms. The quantitative estimate of drug-likeness (QED) is 0.417. The number of para-hydroxylation sites is 1. The number of nitro groups is 1. The molecule has 8 nitrogen and oxygen atoms in total. The van der Waals surface area contributed by atoms with Crippen LogP contribution in [0.4, 0.5) is 15.4 Å². The lowest BCUT2D eigenvalue weighted by atomic mass is 10.3. The Labute approximate surface area is 170 Å². The molecule has 0 saturated heterocycles. The molecule has 3 aromatic rings. The second-order valence-electron chi connectivity index (χ2n) is 6.09. The number of hydrogen-bond acceptors (Lipinski definition) is 7. The zero-order valence-electron chi connectivity index (χ0n) is 15.1. The summed E-state index contributed by atoms with van der Waals surface area (Å²) in [6.07, 6.45) is 0.639. The van der Waals surface area contributed by atoms with Gasteiger partial charge >= 0.3 is 5.88 Å². The standard InChI is InChI=1S/C17H17FN4O4S.ClH/c1-20(2)9-4-10-21(16(23)12-7-8-14(26-12)22(24)25)17-19-15-11(18)5-3-6-13(15)27-17;/h3,5-8H,4,9-10H2,1-2H3;1H. The Morgan fingerprint density at radius 2 is 2.04 bits per heavy atom. The predicted octanol–water partition coefficient (Wildman–Crippen LogP) is 3.96. The highest BCUT2D eigenvalue weighted by Crippen LogP contribution is 2.31. The molecule has 0 fully saturated rings. The molecule has 0 unspecified atom stereocenters. The van der Waals surface area contributed by atoms with Crippen molar-refractivity contribution >= 4 is 50.9 Å². The van der Waals surface area contributed by atoms with Gasteiger partial charge in [-0.2, -0.15) is 0 Å². The first-order chi connectivity index (χ1) is 12.9. The lowest BCUT2D eigenvalue weighted by molar-refractivity contribution is -0.402. The largest absolute Gasteiger partial charge is 0.433 e. The number of aromatic nitrogens is 1. The number of rotatable bonds is 7. The maximum Gasteiger partial charge on any atom is 0.433 e. The van der Waals surface area contributed by atoms with E-state index in [1.165, 1.54) is 28.4 Å². The second kappa shape index (κ2) is 9.09. The van der Waals surface area contributed by atoms with E-state index in [-0.39, 0.29) is 23.7 Å². The monoisotopic (exact) mass is 428 g/mol. The van der Waals surface area contributed by atoms with E-state index < -0.39 is 22.5 Å². The van der Waals surface area contributed by atoms with Crippen LogP contribution < -0.4 is 4.90 Å². The van der Waals surface area contributed by atoms with Crippen molar-refractivity contribution in [1.29, 1.82) is 0 Å². The highest BCUT2D eigenvalue weighted by molar-refractivity contribution is 7.22. The SMILES string of the molecule is CN(C)CCCN(C(=O)c1ccc([N+](=O)[O-])o1)c1nc2c(F)cccc2s1.Cl. The number of carbonyl (C=O) groups excluding carboxylic acids is 1. The van der Waals surface area contributed by atoms with Gasteiger partial charge in [0.25, 0.3) is 5.91 Å². The van der Waals surface area contributed by atoms with Gasteiger partial charge in [0.1, 0.15) is 16.3 Å². The van der Waals surface area contributed by atoms with Crippen molar-refractivity contribution in [3.05, 3.63) is 52.0 Å². The molecule has 0 radical (unpaired) electrons. The van der Waals surface area contributed by atoms with E-state index in [9.17, 15) is 19.3 Å². The molecule has 2 heterocycles. The van der Waals surface area contributed by atoms with Crippen molar-refractivity contribution in [3.63, 3.8) is 0 Å². The maximum absolute atomic E-state index is 14.0. The summed E-state index contributed by atoms with van der Waals surface area (Å²) in [5.74, 6) is -1.70. The Bertz CT molecular complexity index is 991. The van der Waals surface area contributed by atoms with Crippen LogP contribution in [0.15, 0.2) is 34.7 Å². The number of hydrogen-bond donors (Lipinski definition) is 0. The number of carbonyl (C=O) groups is 1. The van der Waals surface area contributed by atoms with E-state index in [2.05, 4.69) is 4.98 Å². The lowest BCUT2D eigenvalue weighted by Crippen LogP contribution is -2.33. The normalized spacial score (nSPS) is 10.9. The van der Waals surface area contributed by atoms with Crippen LogP contribution in [0.1, 0.15) is 17.0 Å². The molecule has 0 aliphatic rings. The highest BCUT2D eigenvalue weighted by Gasteiger charge is 2.26. The van der Waals surface area contributed by atoms with Gasteiger partial charge in [0, 0.05) is 6.54 Å². The van der Waals surface area contributed by atoms with Gasteiger partial charge in [-0.15, -0.1) is 12.4 Å². The molecular formula is C17H18ClFN4O4S. The van der Waals surface area contributed by atoms with Crippen LogP contribution >= 0.6 is 23.7 Å². The predicted molar refractivity (Wildman–Crippen MR) is 107 cm³/mol. The molecule has 1 amide bonds. The van der Waals surface area contributed by atoms with E-state index >= 15 is 0 Å². The molecule has 3 rings (SSSR count). The minimum Gasteiger partial charge on any atom is -0.395 e. The summed E-state index contributed by atoms with van der Waals surface area (Å²) < 4.78 is 19.6. The average Bonchev–Trinajstić information content (AvgIpc) is 3.25. The van der Waals surface area contributed by atoms with E-state index in [0.717, 1.165) is 12.6 Å². The molecule has 28 heavy (non-hydrogen) atoms. The highest BCUT2D eigenvalue weighted by atomic mass is 35.5. The third-order valence-corrected chi connectivity index (χ3v) is 4.85. The molecule has 0 saturated carbocycles. The average molecular weight is 429 g/mol. The Morgan fingerprint density at radius 1 is 1.29 bits per heavy atom. The van der Waals surface area contributed by atoms with E-state index in [0.29, 0.717) is 22.8 Å². The molecule has 0 N–H and O–H groups in total. The number of nitrogens with zero attached hydrogens (tertiary/aromatic N) is 4. The molecule has 0 aliphatic heterocycles. The Morgan fingerprint density at radius 3 is 2.64 bits per heavy atom. The zero-order valence-corrected chi connectivity index (χ0v) is 16.8. The van der Waals surface area contributed by atoms with Gasteiger partial charge in [0.2, 0.25) is 0 Å². The number of furan rings is 1. The van der Waals surface area contributed by atoms with Gasteiger partial charge in [0.15, 0.2) is 10.9 Å². The van der Waals surface area contributed by atoms with Crippen LogP contribution in [-0.2, 0) is 0 Å². The van der Waals surface area contributed by atoms with Gasteiger partial charge < -0.3 is 9.32 Å². The smallest absolute Gasteiger partial charge is 0.395 e. The first-order valence-corrected chi connectivity index (χ1v) is 8.94. The summed E-state index contributed by atoms with van der Waals surface area (Å²) in [5, 5.41) is 11.1. The number of halogens is 2. The van der Waals surface area contributed by atoms with Crippen LogP contribution in [0.3, 0.4) is 0 Å². The lowest BCUT2D eigenvalue weighted by Gasteiger charge is -2.19. The maximum atomic E-state index is 14.0. The third kappa shape index (κ3) is 4.64. The Kier molecular flexibility index (Phi) is 7.05. The molecule has 150 valence electrons. The van der Waals surface area contributed by atoms with E-state index in [1.807, 2.05) is 19.0 Å². The fourth-order valence-electron chi connectivity index (χ4n) is 2.52. The van der Waals surface area contributed by atoms with E-state index in [1.54, 1.807) is 12.1 Å². The van der Waals surface area contributed by atoms with Crippen molar-refractivity contribution in [2.75, 3.05) is 32.1 Å². The Balaban J connectivity index is 0.00000280. The van der Waals surface area contributed by atoms with Gasteiger partial charge in [-0.1, -0.05) is 17.4 Å². The van der Waals surface area contributed by atoms with Crippen molar-refractivity contribution in [2.24, 2.45) is 0 Å². The van der Waals surface area contributed by atoms with Crippen molar-refractivity contribution in [3.8, 4) is 0 Å². The van der Waals surface area contributed by atoms with Crippen LogP contribution in [0.25, 0.3) is 10.2 Å². The van der Waals surface area contributed by atoms with Crippen molar-refractivity contribution < 1.29 is 18.5 Å². The minimum absolute atomic E-state index is 0. The summed E-state index contributed by atoms with van der Waals surface area (Å²) >= 11 is 1.18. The van der Waals surface area contributed by atoms with Crippen LogP contribution in [0, 0.1) is 15.9 Å². The zero-order chi connectivity index (χ0) is 19.6. The third-order valence-electron chi connectivity index (χ3n) is 3.80. The summed E-state index contributed by atoms with van der Waals surface area (Å²) in [5.41, 5.74) is 0.188. The first-order valence-electron chi connectivity index (χ1n) is 8.12. The minimum atomic E-state index is -0.708. The second-order valence-corrected chi connectivity index (χ2v) is 7.10. The number of amides is 1. The number of anilines is 1. The molecule has 0 atom stereocenters. The van der Waals surface area contributed by atoms with Crippen LogP contribution in [0.5, 0.6) is 0 Å². The van der Waals surface area contributed by atoms with Crippen molar-refractivity contribution in [1.82, 2.24) is 9.88 Å². The fourth-order valence-corrected chi connectivity index (χ4v) is 3.53. The molecule has 1 aromatic carbocycles. The van der Waals surface area contributed by atoms with Crippen LogP contribution in [0.2, 0.25) is 0 Å². The summed E-state index contributed by atoms with van der Waals surface area (Å²) in [7, 11) is 3.82. The van der Waals surface area contributed by atoms with E-state index in [4.69, 9.17) is 4.42 Å². The molecule has 11 heteroatoms. The number of thiazole rings is 1. The molecule has 0 bridgehead atoms. The van der Waals surface area contributed by atoms with Gasteiger partial charge in [-0.05, 0) is 45.3 Å². The van der Waals surface area contributed by atoms with Gasteiger partial charge in [-0.3, -0.25) is 19.8 Å². The number of benzene rings is 1. The topological polar surface area (TPSA) is 92.7 Å².